The summed E-state index contributed by atoms with van der Waals surface area (Å²) in [4.78, 5) is 26.0. The SMILES string of the molecule is Cc1cn([C@@H]2O[C@@H]3CO[C@@H](c4ccccc4)O[C@H]3[C@@H]3O[C@@H]32)c(=O)[nH]c1=O. The molecule has 4 heterocycles. The highest BCUT2D eigenvalue weighted by Crippen LogP contribution is 2.46. The number of aromatic nitrogens is 2. The van der Waals surface area contributed by atoms with E-state index in [1.807, 2.05) is 30.3 Å². The van der Waals surface area contributed by atoms with Gasteiger partial charge in [-0.2, -0.15) is 0 Å². The number of epoxide rings is 1. The third-order valence-corrected chi connectivity index (χ3v) is 5.03. The van der Waals surface area contributed by atoms with Crippen molar-refractivity contribution in [3.8, 4) is 0 Å². The second kappa shape index (κ2) is 5.88. The van der Waals surface area contributed by atoms with Gasteiger partial charge in [-0.25, -0.2) is 4.79 Å². The Bertz CT molecular complexity index is 939. The number of ether oxygens (including phenoxy) is 4. The highest BCUT2D eigenvalue weighted by molar-refractivity contribution is 5.17. The number of aryl methyl sites for hydroxylation is 1. The Labute approximate surface area is 148 Å². The topological polar surface area (TPSA) is 95.1 Å². The van der Waals surface area contributed by atoms with Crippen LogP contribution in [0.1, 0.15) is 23.6 Å². The van der Waals surface area contributed by atoms with Gasteiger partial charge in [-0.3, -0.25) is 14.3 Å². The highest BCUT2D eigenvalue weighted by Gasteiger charge is 2.61. The first-order valence-corrected chi connectivity index (χ1v) is 8.57. The number of fused-ring (bicyclic) bond motifs is 3. The predicted octanol–water partition coefficient (Wildman–Crippen LogP) is 0.624. The van der Waals surface area contributed by atoms with Crippen LogP contribution in [0.3, 0.4) is 0 Å². The maximum absolute atomic E-state index is 12.2. The van der Waals surface area contributed by atoms with Gasteiger partial charge in [0.2, 0.25) is 0 Å². The lowest BCUT2D eigenvalue weighted by Gasteiger charge is -2.40. The summed E-state index contributed by atoms with van der Waals surface area (Å²) in [6, 6.07) is 9.70. The van der Waals surface area contributed by atoms with Crippen molar-refractivity contribution < 1.29 is 18.9 Å². The molecular weight excluding hydrogens is 340 g/mol. The van der Waals surface area contributed by atoms with Gasteiger partial charge in [0.15, 0.2) is 12.5 Å². The Hall–Kier alpha value is -2.26. The maximum Gasteiger partial charge on any atom is 0.330 e. The van der Waals surface area contributed by atoms with Crippen LogP contribution in [0, 0.1) is 6.92 Å². The van der Waals surface area contributed by atoms with E-state index in [1.165, 1.54) is 10.8 Å². The van der Waals surface area contributed by atoms with Gasteiger partial charge >= 0.3 is 5.69 Å². The van der Waals surface area contributed by atoms with Crippen LogP contribution in [0.5, 0.6) is 0 Å². The molecule has 0 radical (unpaired) electrons. The zero-order valence-electron chi connectivity index (χ0n) is 14.0. The van der Waals surface area contributed by atoms with Crippen molar-refractivity contribution in [1.82, 2.24) is 9.55 Å². The summed E-state index contributed by atoms with van der Waals surface area (Å²) in [5.41, 5.74) is 0.465. The standard InChI is InChI=1S/C18H18N2O6/c1-9-7-20(18(22)19-15(9)21)16-14-13(25-14)12-11(24-16)8-23-17(26-12)10-5-3-2-4-6-10/h2-7,11-14,16-17H,8H2,1H3,(H,19,21,22)/t11-,12-,13+,14+,16-,17-/m1/s1. The number of rotatable bonds is 2. The first-order chi connectivity index (χ1) is 12.6. The summed E-state index contributed by atoms with van der Waals surface area (Å²) in [5.74, 6) is 0. The summed E-state index contributed by atoms with van der Waals surface area (Å²) >= 11 is 0. The molecule has 0 unspecified atom stereocenters. The molecule has 1 N–H and O–H groups in total. The van der Waals surface area contributed by atoms with Gasteiger partial charge in [-0.15, -0.1) is 0 Å². The third-order valence-electron chi connectivity index (χ3n) is 5.03. The summed E-state index contributed by atoms with van der Waals surface area (Å²) in [6.45, 7) is 1.98. The Kier molecular flexibility index (Phi) is 3.61. The molecule has 0 bridgehead atoms. The lowest BCUT2D eigenvalue weighted by Crippen LogP contribution is -2.52. The fourth-order valence-corrected chi connectivity index (χ4v) is 3.62. The van der Waals surface area contributed by atoms with Gasteiger partial charge in [0.25, 0.3) is 5.56 Å². The first-order valence-electron chi connectivity index (χ1n) is 8.57. The van der Waals surface area contributed by atoms with Gasteiger partial charge in [0, 0.05) is 17.3 Å². The van der Waals surface area contributed by atoms with Gasteiger partial charge in [-0.05, 0) is 6.92 Å². The van der Waals surface area contributed by atoms with Crippen LogP contribution in [0.2, 0.25) is 0 Å². The van der Waals surface area contributed by atoms with Crippen molar-refractivity contribution in [3.05, 3.63) is 68.5 Å². The van der Waals surface area contributed by atoms with E-state index < -0.39 is 23.8 Å². The molecule has 8 heteroatoms. The van der Waals surface area contributed by atoms with Crippen molar-refractivity contribution in [3.63, 3.8) is 0 Å². The van der Waals surface area contributed by atoms with Gasteiger partial charge < -0.3 is 18.9 Å². The number of benzene rings is 1. The van der Waals surface area contributed by atoms with Crippen LogP contribution in [0.15, 0.2) is 46.1 Å². The van der Waals surface area contributed by atoms with Crippen LogP contribution in [0.4, 0.5) is 0 Å². The van der Waals surface area contributed by atoms with Crippen LogP contribution in [0.25, 0.3) is 0 Å². The number of nitrogens with one attached hydrogen (secondary N) is 1. The van der Waals surface area contributed by atoms with E-state index in [-0.39, 0.29) is 24.4 Å². The molecule has 1 aromatic heterocycles. The van der Waals surface area contributed by atoms with Crippen molar-refractivity contribution in [1.29, 1.82) is 0 Å². The number of aromatic amines is 1. The second-order valence-corrected chi connectivity index (χ2v) is 6.79. The van der Waals surface area contributed by atoms with E-state index in [1.54, 1.807) is 6.92 Å². The predicted molar refractivity (Wildman–Crippen MR) is 88.6 cm³/mol. The third kappa shape index (κ3) is 2.53. The Morgan fingerprint density at radius 1 is 1.04 bits per heavy atom. The molecule has 0 aliphatic carbocycles. The number of H-pyrrole nitrogens is 1. The molecule has 0 spiro atoms. The van der Waals surface area contributed by atoms with Crippen LogP contribution >= 0.6 is 0 Å². The van der Waals surface area contributed by atoms with Gasteiger partial charge in [0.1, 0.15) is 24.4 Å². The zero-order valence-corrected chi connectivity index (χ0v) is 14.0. The summed E-state index contributed by atoms with van der Waals surface area (Å²) in [6.07, 6.45) is -0.605. The minimum Gasteiger partial charge on any atom is -0.362 e. The largest absolute Gasteiger partial charge is 0.362 e. The average molecular weight is 358 g/mol. The summed E-state index contributed by atoms with van der Waals surface area (Å²) in [7, 11) is 0. The van der Waals surface area contributed by atoms with Gasteiger partial charge in [0.05, 0.1) is 6.61 Å². The average Bonchev–Trinajstić information content (AvgIpc) is 3.46. The van der Waals surface area contributed by atoms with Crippen molar-refractivity contribution >= 4 is 0 Å². The number of hydrogen-bond donors (Lipinski definition) is 1. The molecule has 0 amide bonds. The fraction of sp³-hybridized carbons (Fsp3) is 0.444. The van der Waals surface area contributed by atoms with Crippen molar-refractivity contribution in [2.75, 3.05) is 6.61 Å². The molecule has 8 nitrogen and oxygen atoms in total. The van der Waals surface area contributed by atoms with E-state index in [2.05, 4.69) is 4.98 Å². The zero-order chi connectivity index (χ0) is 17.8. The number of nitrogens with zero attached hydrogens (tertiary/aromatic N) is 1. The van der Waals surface area contributed by atoms with E-state index in [4.69, 9.17) is 18.9 Å². The molecule has 6 atom stereocenters. The molecule has 26 heavy (non-hydrogen) atoms. The Morgan fingerprint density at radius 2 is 1.85 bits per heavy atom. The smallest absolute Gasteiger partial charge is 0.330 e. The molecule has 136 valence electrons. The molecule has 3 aliphatic rings. The molecule has 3 aliphatic heterocycles. The summed E-state index contributed by atoms with van der Waals surface area (Å²) in [5, 5.41) is 0. The quantitative estimate of drug-likeness (QED) is 0.791. The first kappa shape index (κ1) is 16.0. The molecule has 3 fully saturated rings. The Balaban J connectivity index is 1.38. The van der Waals surface area contributed by atoms with E-state index >= 15 is 0 Å². The van der Waals surface area contributed by atoms with Crippen molar-refractivity contribution in [2.45, 2.75) is 43.9 Å². The second-order valence-electron chi connectivity index (χ2n) is 6.79. The van der Waals surface area contributed by atoms with Gasteiger partial charge in [-0.1, -0.05) is 30.3 Å². The molecule has 2 aromatic rings. The molecular formula is C18H18N2O6. The maximum atomic E-state index is 12.2. The Morgan fingerprint density at radius 3 is 2.65 bits per heavy atom. The monoisotopic (exact) mass is 358 g/mol. The number of hydrogen-bond acceptors (Lipinski definition) is 6. The van der Waals surface area contributed by atoms with E-state index in [9.17, 15) is 9.59 Å². The fourth-order valence-electron chi connectivity index (χ4n) is 3.62. The van der Waals surface area contributed by atoms with E-state index in [0.29, 0.717) is 12.2 Å². The minimum absolute atomic E-state index is 0.159. The normalized spacial score (nSPS) is 35.4. The summed E-state index contributed by atoms with van der Waals surface area (Å²) < 4.78 is 25.1. The van der Waals surface area contributed by atoms with Crippen molar-refractivity contribution in [2.24, 2.45) is 0 Å². The lowest BCUT2D eigenvalue weighted by atomic mass is 10.0. The molecule has 3 saturated heterocycles. The van der Waals surface area contributed by atoms with Crippen LogP contribution < -0.4 is 11.2 Å². The van der Waals surface area contributed by atoms with Crippen LogP contribution in [-0.4, -0.2) is 40.6 Å². The lowest BCUT2D eigenvalue weighted by molar-refractivity contribution is -0.289. The molecule has 1 aromatic carbocycles. The highest BCUT2D eigenvalue weighted by atomic mass is 16.7. The van der Waals surface area contributed by atoms with E-state index in [0.717, 1.165) is 5.56 Å². The molecule has 0 saturated carbocycles. The van der Waals surface area contributed by atoms with Crippen LogP contribution in [-0.2, 0) is 18.9 Å². The minimum atomic E-state index is -0.607. The molecule has 5 rings (SSSR count).